The van der Waals surface area contributed by atoms with Crippen LogP contribution < -0.4 is 10.6 Å². The van der Waals surface area contributed by atoms with E-state index >= 15 is 0 Å². The van der Waals surface area contributed by atoms with Crippen LogP contribution in [0.1, 0.15) is 10.4 Å². The van der Waals surface area contributed by atoms with Crippen LogP contribution in [0.5, 0.6) is 0 Å². The minimum absolute atomic E-state index is 0.0671. The standard InChI is InChI=1S/C9H9ClN2O/c10-7-3-1-2-6-8(7)11-4-5-12-9(6)13/h1-3,11H,4-5H2,(H,12,13). The van der Waals surface area contributed by atoms with Crippen molar-refractivity contribution in [3.63, 3.8) is 0 Å². The summed E-state index contributed by atoms with van der Waals surface area (Å²) in [4.78, 5) is 11.4. The van der Waals surface area contributed by atoms with Crippen LogP contribution in [-0.4, -0.2) is 19.0 Å². The molecule has 0 fully saturated rings. The topological polar surface area (TPSA) is 41.1 Å². The maximum absolute atomic E-state index is 11.4. The van der Waals surface area contributed by atoms with Crippen molar-refractivity contribution in [1.82, 2.24) is 5.32 Å². The number of nitrogens with one attached hydrogen (secondary N) is 2. The fourth-order valence-corrected chi connectivity index (χ4v) is 1.59. The summed E-state index contributed by atoms with van der Waals surface area (Å²) >= 11 is 5.94. The van der Waals surface area contributed by atoms with E-state index in [1.54, 1.807) is 18.2 Å². The summed E-state index contributed by atoms with van der Waals surface area (Å²) in [6.07, 6.45) is 0. The molecule has 0 spiro atoms. The van der Waals surface area contributed by atoms with Crippen molar-refractivity contribution < 1.29 is 4.79 Å². The Hall–Kier alpha value is -1.22. The summed E-state index contributed by atoms with van der Waals surface area (Å²) in [6, 6.07) is 5.30. The number of benzene rings is 1. The van der Waals surface area contributed by atoms with Gasteiger partial charge in [0.25, 0.3) is 5.91 Å². The number of para-hydroxylation sites is 1. The quantitative estimate of drug-likeness (QED) is 0.660. The van der Waals surface area contributed by atoms with Crippen LogP contribution in [0.15, 0.2) is 18.2 Å². The minimum Gasteiger partial charge on any atom is -0.381 e. The summed E-state index contributed by atoms with van der Waals surface area (Å²) in [5.74, 6) is -0.0671. The summed E-state index contributed by atoms with van der Waals surface area (Å²) in [6.45, 7) is 1.34. The zero-order valence-corrected chi connectivity index (χ0v) is 7.69. The van der Waals surface area contributed by atoms with E-state index in [0.29, 0.717) is 23.7 Å². The van der Waals surface area contributed by atoms with Crippen molar-refractivity contribution >= 4 is 23.2 Å². The molecule has 0 atom stereocenters. The van der Waals surface area contributed by atoms with E-state index in [-0.39, 0.29) is 5.91 Å². The highest BCUT2D eigenvalue weighted by molar-refractivity contribution is 6.34. The number of anilines is 1. The first kappa shape index (κ1) is 8.38. The Morgan fingerprint density at radius 3 is 2.85 bits per heavy atom. The Bertz CT molecular complexity index is 351. The lowest BCUT2D eigenvalue weighted by Gasteiger charge is -2.06. The average molecular weight is 197 g/mol. The average Bonchev–Trinajstić information content (AvgIpc) is 2.30. The van der Waals surface area contributed by atoms with Gasteiger partial charge in [0.05, 0.1) is 16.3 Å². The third-order valence-corrected chi connectivity index (χ3v) is 2.29. The van der Waals surface area contributed by atoms with Gasteiger partial charge in [0.2, 0.25) is 0 Å². The predicted molar refractivity (Wildman–Crippen MR) is 52.3 cm³/mol. The highest BCUT2D eigenvalue weighted by Gasteiger charge is 2.15. The number of fused-ring (bicyclic) bond motifs is 1. The summed E-state index contributed by atoms with van der Waals surface area (Å²) in [5, 5.41) is 6.47. The number of hydrogen-bond donors (Lipinski definition) is 2. The first-order valence-electron chi connectivity index (χ1n) is 4.09. The molecule has 1 heterocycles. The van der Waals surface area contributed by atoms with Gasteiger partial charge in [0.1, 0.15) is 0 Å². The molecule has 2 N–H and O–H groups in total. The number of amides is 1. The molecule has 1 aliphatic heterocycles. The largest absolute Gasteiger partial charge is 0.381 e. The van der Waals surface area contributed by atoms with Crippen molar-refractivity contribution in [2.24, 2.45) is 0 Å². The predicted octanol–water partition coefficient (Wildman–Crippen LogP) is 1.50. The molecular weight excluding hydrogens is 188 g/mol. The molecule has 4 heteroatoms. The number of halogens is 1. The highest BCUT2D eigenvalue weighted by atomic mass is 35.5. The molecule has 1 aromatic rings. The van der Waals surface area contributed by atoms with Crippen LogP contribution in [0.2, 0.25) is 5.02 Å². The number of carbonyl (C=O) groups excluding carboxylic acids is 1. The molecule has 2 rings (SSSR count). The minimum atomic E-state index is -0.0671. The zero-order valence-electron chi connectivity index (χ0n) is 6.93. The first-order chi connectivity index (χ1) is 6.29. The SMILES string of the molecule is O=C1NCCNc2c(Cl)cccc21. The van der Waals surface area contributed by atoms with Gasteiger partial charge in [0, 0.05) is 13.1 Å². The molecule has 68 valence electrons. The third kappa shape index (κ3) is 1.47. The van der Waals surface area contributed by atoms with Crippen molar-refractivity contribution in [3.05, 3.63) is 28.8 Å². The summed E-state index contributed by atoms with van der Waals surface area (Å²) in [7, 11) is 0. The maximum Gasteiger partial charge on any atom is 0.253 e. The Balaban J connectivity index is 2.54. The van der Waals surface area contributed by atoms with Crippen molar-refractivity contribution in [1.29, 1.82) is 0 Å². The van der Waals surface area contributed by atoms with Crippen LogP contribution in [0.3, 0.4) is 0 Å². The summed E-state index contributed by atoms with van der Waals surface area (Å²) in [5.41, 5.74) is 1.35. The van der Waals surface area contributed by atoms with Gasteiger partial charge in [-0.15, -0.1) is 0 Å². The number of carbonyl (C=O) groups is 1. The van der Waals surface area contributed by atoms with E-state index < -0.39 is 0 Å². The molecule has 1 amide bonds. The highest BCUT2D eigenvalue weighted by Crippen LogP contribution is 2.26. The van der Waals surface area contributed by atoms with Gasteiger partial charge in [-0.3, -0.25) is 4.79 Å². The maximum atomic E-state index is 11.4. The van der Waals surface area contributed by atoms with Crippen molar-refractivity contribution in [2.45, 2.75) is 0 Å². The van der Waals surface area contributed by atoms with Gasteiger partial charge in [-0.2, -0.15) is 0 Å². The lowest BCUT2D eigenvalue weighted by atomic mass is 10.1. The second kappa shape index (κ2) is 3.26. The number of rotatable bonds is 0. The zero-order chi connectivity index (χ0) is 9.26. The Morgan fingerprint density at radius 1 is 1.23 bits per heavy atom. The lowest BCUT2D eigenvalue weighted by molar-refractivity contribution is 0.0958. The Kier molecular flexibility index (Phi) is 2.10. The smallest absolute Gasteiger partial charge is 0.253 e. The van der Waals surface area contributed by atoms with Crippen molar-refractivity contribution in [3.8, 4) is 0 Å². The lowest BCUT2D eigenvalue weighted by Crippen LogP contribution is -2.24. The Morgan fingerprint density at radius 2 is 2.00 bits per heavy atom. The van der Waals surface area contributed by atoms with E-state index in [4.69, 9.17) is 11.6 Å². The van der Waals surface area contributed by atoms with E-state index in [1.807, 2.05) is 0 Å². The molecule has 0 aliphatic carbocycles. The molecule has 1 aromatic carbocycles. The van der Waals surface area contributed by atoms with Gasteiger partial charge < -0.3 is 10.6 Å². The van der Waals surface area contributed by atoms with Gasteiger partial charge in [-0.25, -0.2) is 0 Å². The fraction of sp³-hybridized carbons (Fsp3) is 0.222. The van der Waals surface area contributed by atoms with Crippen LogP contribution in [0.25, 0.3) is 0 Å². The molecule has 0 bridgehead atoms. The van der Waals surface area contributed by atoms with E-state index in [0.717, 1.165) is 5.69 Å². The first-order valence-corrected chi connectivity index (χ1v) is 4.47. The van der Waals surface area contributed by atoms with Gasteiger partial charge in [0.15, 0.2) is 0 Å². The molecular formula is C9H9ClN2O. The molecule has 0 aromatic heterocycles. The van der Waals surface area contributed by atoms with Crippen LogP contribution in [-0.2, 0) is 0 Å². The third-order valence-electron chi connectivity index (χ3n) is 1.97. The fourth-order valence-electron chi connectivity index (χ4n) is 1.35. The van der Waals surface area contributed by atoms with Gasteiger partial charge in [-0.05, 0) is 12.1 Å². The molecule has 1 aliphatic rings. The van der Waals surface area contributed by atoms with Crippen molar-refractivity contribution in [2.75, 3.05) is 18.4 Å². The second-order valence-electron chi connectivity index (χ2n) is 2.85. The van der Waals surface area contributed by atoms with E-state index in [2.05, 4.69) is 10.6 Å². The Labute approximate surface area is 81.1 Å². The van der Waals surface area contributed by atoms with Crippen LogP contribution >= 0.6 is 11.6 Å². The molecule has 0 saturated carbocycles. The molecule has 0 saturated heterocycles. The second-order valence-corrected chi connectivity index (χ2v) is 3.25. The summed E-state index contributed by atoms with van der Waals surface area (Å²) < 4.78 is 0. The van der Waals surface area contributed by atoms with Gasteiger partial charge >= 0.3 is 0 Å². The van der Waals surface area contributed by atoms with E-state index in [9.17, 15) is 4.79 Å². The number of hydrogen-bond acceptors (Lipinski definition) is 2. The van der Waals surface area contributed by atoms with Crippen LogP contribution in [0.4, 0.5) is 5.69 Å². The monoisotopic (exact) mass is 196 g/mol. The molecule has 0 unspecified atom stereocenters. The van der Waals surface area contributed by atoms with E-state index in [1.165, 1.54) is 0 Å². The molecule has 3 nitrogen and oxygen atoms in total. The van der Waals surface area contributed by atoms with Crippen LogP contribution in [0, 0.1) is 0 Å². The van der Waals surface area contributed by atoms with Gasteiger partial charge in [-0.1, -0.05) is 17.7 Å². The molecule has 13 heavy (non-hydrogen) atoms. The normalized spacial score (nSPS) is 15.3. The molecule has 0 radical (unpaired) electrons.